The van der Waals surface area contributed by atoms with Crippen LogP contribution < -0.4 is 43.4 Å². The molecule has 6 aromatic rings. The Balaban J connectivity index is 1.26. The van der Waals surface area contributed by atoms with Crippen LogP contribution in [0.1, 0.15) is 74.6 Å². The molecule has 0 aliphatic heterocycles. The highest BCUT2D eigenvalue weighted by Crippen LogP contribution is 2.22. The Labute approximate surface area is 455 Å². The van der Waals surface area contributed by atoms with Crippen molar-refractivity contribution in [2.24, 2.45) is 17.4 Å². The van der Waals surface area contributed by atoms with Crippen LogP contribution in [0.5, 0.6) is 11.5 Å². The van der Waals surface area contributed by atoms with Crippen LogP contribution in [0.25, 0.3) is 21.8 Å². The van der Waals surface area contributed by atoms with Crippen LogP contribution in [0.4, 0.5) is 0 Å². The number of fused-ring (bicyclic) bond motifs is 2. The highest BCUT2D eigenvalue weighted by atomic mass is 16.4. The van der Waals surface area contributed by atoms with Crippen molar-refractivity contribution in [2.45, 2.75) is 120 Å². The lowest BCUT2D eigenvalue weighted by Crippen LogP contribution is -2.60. The zero-order valence-corrected chi connectivity index (χ0v) is 44.0. The number of nitrogens with one attached hydrogen (secondary N) is 8. The molecule has 22 nitrogen and oxygen atoms in total. The number of amides is 6. The molecule has 6 amide bonds. The number of phenolic OH excluding ortho intramolecular Hbond substituents is 2. The number of benzene rings is 4. The summed E-state index contributed by atoms with van der Waals surface area (Å²) in [5.41, 5.74) is 15.6. The smallest absolute Gasteiger partial charge is 0.326 e. The van der Waals surface area contributed by atoms with Crippen LogP contribution in [0.2, 0.25) is 0 Å². The van der Waals surface area contributed by atoms with Crippen LogP contribution in [-0.2, 0) is 64.0 Å². The quantitative estimate of drug-likeness (QED) is 0.0289. The van der Waals surface area contributed by atoms with E-state index in [0.29, 0.717) is 35.1 Å². The molecule has 0 radical (unpaired) electrons. The normalized spacial score (nSPS) is 14.0. The number of unbranched alkanes of at least 4 members (excludes halogenated alkanes) is 1. The number of para-hydroxylation sites is 2. The van der Waals surface area contributed by atoms with E-state index in [4.69, 9.17) is 16.6 Å². The third kappa shape index (κ3) is 17.6. The molecular weight excluding hydrogens is 1020 g/mol. The van der Waals surface area contributed by atoms with Crippen molar-refractivity contribution in [2.75, 3.05) is 6.54 Å². The number of H-pyrrole nitrogens is 2. The number of carbonyl (C=O) groups excluding carboxylic acids is 6. The standard InChI is InChI=1S/C57H70N10O12/c1-32(2)25-45(64-52(73)44(13-7-8-24-58)62-54(75)46(26-33-14-18-37(68)19-15-33)63-51(72)41(59)22-23-50(70)71)53(74)65-47(27-34-16-20-38(69)21-17-34)55(76)66-48(28-35-30-60-42-11-5-3-9-39(35)42)56(77)67-49(57(78)79)29-36-31-61-43-12-6-4-10-40(36)43/h3-6,9-12,14-21,30-32,41,44-49,60-61,68-69H,7-8,13,22-29,58-59H2,1-2H3,(H,62,75)(H,63,72)(H,64,73)(H,65,74)(H,66,76)(H,67,77)(H,70,71)(H,78,79)/t41-,44-,45-,46-,47-,48-,49-/m0/s1. The first-order valence-corrected chi connectivity index (χ1v) is 26.2. The number of nitrogens with two attached hydrogens (primary N) is 2. The Morgan fingerprint density at radius 1 is 0.494 bits per heavy atom. The van der Waals surface area contributed by atoms with Gasteiger partial charge in [-0.15, -0.1) is 0 Å². The predicted molar refractivity (Wildman–Crippen MR) is 294 cm³/mol. The van der Waals surface area contributed by atoms with Crippen molar-refractivity contribution < 1.29 is 58.8 Å². The first kappa shape index (κ1) is 59.5. The number of hydrogen-bond donors (Lipinski definition) is 14. The minimum absolute atomic E-state index is 0.0407. The van der Waals surface area contributed by atoms with Gasteiger partial charge in [0, 0.05) is 66.3 Å². The van der Waals surface area contributed by atoms with Gasteiger partial charge in [-0.3, -0.25) is 33.6 Å². The van der Waals surface area contributed by atoms with Gasteiger partial charge in [0.25, 0.3) is 0 Å². The molecular formula is C57H70N10O12. The molecule has 2 aromatic heterocycles. The molecule has 22 heteroatoms. The number of carbonyl (C=O) groups is 8. The maximum Gasteiger partial charge on any atom is 0.326 e. The lowest BCUT2D eigenvalue weighted by Gasteiger charge is -2.28. The second-order valence-corrected chi connectivity index (χ2v) is 20.0. The molecule has 0 aliphatic rings. The van der Waals surface area contributed by atoms with Crippen molar-refractivity contribution in [1.82, 2.24) is 41.9 Å². The van der Waals surface area contributed by atoms with E-state index in [2.05, 4.69) is 41.9 Å². The molecule has 0 spiro atoms. The topological polar surface area (TPSA) is 373 Å². The Morgan fingerprint density at radius 2 is 0.899 bits per heavy atom. The Hall–Kier alpha value is -8.76. The second kappa shape index (κ2) is 28.6. The minimum Gasteiger partial charge on any atom is -0.508 e. The van der Waals surface area contributed by atoms with Gasteiger partial charge in [0.15, 0.2) is 0 Å². The highest BCUT2D eigenvalue weighted by Gasteiger charge is 2.35. The molecule has 0 aliphatic carbocycles. The number of phenols is 2. The van der Waals surface area contributed by atoms with Crippen molar-refractivity contribution in [3.8, 4) is 11.5 Å². The fourth-order valence-corrected chi connectivity index (χ4v) is 9.12. The third-order valence-electron chi connectivity index (χ3n) is 13.4. The van der Waals surface area contributed by atoms with E-state index in [0.717, 1.165) is 21.8 Å². The van der Waals surface area contributed by atoms with Gasteiger partial charge >= 0.3 is 11.9 Å². The van der Waals surface area contributed by atoms with Crippen molar-refractivity contribution in [3.05, 3.63) is 132 Å². The maximum absolute atomic E-state index is 14.8. The molecule has 4 aromatic carbocycles. The molecule has 0 bridgehead atoms. The van der Waals surface area contributed by atoms with Crippen LogP contribution in [0.3, 0.4) is 0 Å². The van der Waals surface area contributed by atoms with Gasteiger partial charge in [-0.25, -0.2) is 4.79 Å². The number of aliphatic carboxylic acids is 2. The van der Waals surface area contributed by atoms with E-state index in [1.807, 2.05) is 62.4 Å². The fraction of sp³-hybridized carbons (Fsp3) is 0.368. The number of carboxylic acid groups (broad SMARTS) is 2. The first-order valence-electron chi connectivity index (χ1n) is 26.2. The van der Waals surface area contributed by atoms with Gasteiger partial charge in [-0.2, -0.15) is 0 Å². The second-order valence-electron chi connectivity index (χ2n) is 20.0. The zero-order chi connectivity index (χ0) is 57.2. The van der Waals surface area contributed by atoms with E-state index < -0.39 is 96.1 Å². The van der Waals surface area contributed by atoms with E-state index in [9.17, 15) is 53.7 Å². The molecule has 7 atom stereocenters. The Morgan fingerprint density at radius 3 is 1.37 bits per heavy atom. The molecule has 2 heterocycles. The summed E-state index contributed by atoms with van der Waals surface area (Å²) in [5, 5.41) is 57.4. The summed E-state index contributed by atoms with van der Waals surface area (Å²) in [4.78, 5) is 116. The van der Waals surface area contributed by atoms with E-state index >= 15 is 0 Å². The number of carboxylic acids is 2. The summed E-state index contributed by atoms with van der Waals surface area (Å²) < 4.78 is 0. The van der Waals surface area contributed by atoms with Gasteiger partial charge in [-0.1, -0.05) is 74.5 Å². The Kier molecular flexibility index (Phi) is 21.5. The van der Waals surface area contributed by atoms with E-state index in [1.54, 1.807) is 24.5 Å². The molecule has 0 fully saturated rings. The summed E-state index contributed by atoms with van der Waals surface area (Å²) in [5.74, 6) is -7.70. The minimum atomic E-state index is -1.44. The fourth-order valence-electron chi connectivity index (χ4n) is 9.12. The monoisotopic (exact) mass is 1090 g/mol. The van der Waals surface area contributed by atoms with E-state index in [1.165, 1.54) is 36.4 Å². The van der Waals surface area contributed by atoms with Crippen LogP contribution in [-0.4, -0.2) is 127 Å². The van der Waals surface area contributed by atoms with Gasteiger partial charge in [0.05, 0.1) is 6.04 Å². The number of hydrogen-bond acceptors (Lipinski definition) is 12. The molecule has 0 unspecified atom stereocenters. The summed E-state index contributed by atoms with van der Waals surface area (Å²) in [6.07, 6.45) is 3.10. The summed E-state index contributed by atoms with van der Waals surface area (Å²) in [6.45, 7) is 3.87. The summed E-state index contributed by atoms with van der Waals surface area (Å²) in [6, 6.07) is 16.8. The number of aromatic hydroxyl groups is 2. The Bertz CT molecular complexity index is 3070. The van der Waals surface area contributed by atoms with Crippen molar-refractivity contribution in [1.29, 1.82) is 0 Å². The first-order chi connectivity index (χ1) is 37.8. The third-order valence-corrected chi connectivity index (χ3v) is 13.4. The van der Waals surface area contributed by atoms with Gasteiger partial charge < -0.3 is 73.8 Å². The van der Waals surface area contributed by atoms with Crippen LogP contribution in [0.15, 0.2) is 109 Å². The van der Waals surface area contributed by atoms with Crippen molar-refractivity contribution in [3.63, 3.8) is 0 Å². The lowest BCUT2D eigenvalue weighted by molar-refractivity contribution is -0.142. The number of aromatic amines is 2. The number of aromatic nitrogens is 2. The van der Waals surface area contributed by atoms with E-state index in [-0.39, 0.29) is 68.9 Å². The summed E-state index contributed by atoms with van der Waals surface area (Å²) >= 11 is 0. The molecule has 0 saturated heterocycles. The predicted octanol–water partition coefficient (Wildman–Crippen LogP) is 2.69. The highest BCUT2D eigenvalue weighted by molar-refractivity contribution is 5.98. The molecule has 16 N–H and O–H groups in total. The molecule has 79 heavy (non-hydrogen) atoms. The maximum atomic E-state index is 14.8. The molecule has 6 rings (SSSR count). The van der Waals surface area contributed by atoms with Crippen LogP contribution >= 0.6 is 0 Å². The van der Waals surface area contributed by atoms with Gasteiger partial charge in [0.2, 0.25) is 35.4 Å². The molecule has 0 saturated carbocycles. The van der Waals surface area contributed by atoms with Crippen molar-refractivity contribution >= 4 is 69.2 Å². The average molecular weight is 1090 g/mol. The number of rotatable bonds is 30. The lowest BCUT2D eigenvalue weighted by atomic mass is 9.99. The average Bonchev–Trinajstić information content (AvgIpc) is 4.04. The SMILES string of the molecule is CC(C)C[C@H](NC(=O)[C@H](CCCCN)NC(=O)[C@H](Cc1ccc(O)cc1)NC(=O)[C@@H](N)CCC(=O)O)C(=O)N[C@@H](Cc1ccc(O)cc1)C(=O)N[C@@H](Cc1c[nH]c2ccccc12)C(=O)N[C@@H](Cc1c[nH]c2ccccc12)C(=O)O. The molecule has 420 valence electrons. The summed E-state index contributed by atoms with van der Waals surface area (Å²) in [7, 11) is 0. The largest absolute Gasteiger partial charge is 0.508 e. The van der Waals surface area contributed by atoms with Gasteiger partial charge in [0.1, 0.15) is 47.8 Å². The zero-order valence-electron chi connectivity index (χ0n) is 44.0. The van der Waals surface area contributed by atoms with Gasteiger partial charge in [-0.05, 0) is 103 Å². The van der Waals surface area contributed by atoms with Crippen LogP contribution in [0, 0.1) is 5.92 Å².